The molecule has 104 valence electrons. The molecule has 0 saturated carbocycles. The molecule has 4 nitrogen and oxygen atoms in total. The van der Waals surface area contributed by atoms with E-state index in [-0.39, 0.29) is 0 Å². The zero-order valence-corrected chi connectivity index (χ0v) is 11.8. The van der Waals surface area contributed by atoms with Crippen molar-refractivity contribution in [3.05, 3.63) is 24.0 Å². The predicted octanol–water partition coefficient (Wildman–Crippen LogP) is 1.48. The van der Waals surface area contributed by atoms with Gasteiger partial charge in [0, 0.05) is 44.1 Å². The van der Waals surface area contributed by atoms with Gasteiger partial charge in [-0.1, -0.05) is 0 Å². The second-order valence-electron chi connectivity index (χ2n) is 5.67. The summed E-state index contributed by atoms with van der Waals surface area (Å²) in [5, 5.41) is 3.17. The van der Waals surface area contributed by atoms with Crippen LogP contribution in [-0.4, -0.2) is 49.2 Å². The average molecular weight is 260 g/mol. The van der Waals surface area contributed by atoms with Gasteiger partial charge < -0.3 is 10.2 Å². The third-order valence-corrected chi connectivity index (χ3v) is 4.33. The number of anilines is 1. The van der Waals surface area contributed by atoms with Crippen LogP contribution in [-0.2, 0) is 6.54 Å². The van der Waals surface area contributed by atoms with Crippen molar-refractivity contribution >= 4 is 5.69 Å². The Morgan fingerprint density at radius 3 is 3.11 bits per heavy atom. The van der Waals surface area contributed by atoms with Crippen molar-refractivity contribution in [3.63, 3.8) is 0 Å². The molecule has 2 aliphatic heterocycles. The molecule has 1 aromatic rings. The van der Waals surface area contributed by atoms with Crippen LogP contribution in [0.2, 0.25) is 0 Å². The van der Waals surface area contributed by atoms with Crippen LogP contribution in [0.1, 0.15) is 25.0 Å². The Bertz CT molecular complexity index is 420. The molecule has 1 atom stereocenters. The Hall–Kier alpha value is -1.13. The van der Waals surface area contributed by atoms with Crippen LogP contribution in [0.5, 0.6) is 0 Å². The Labute approximate surface area is 115 Å². The first-order valence-corrected chi connectivity index (χ1v) is 7.45. The molecule has 1 aromatic heterocycles. The number of aromatic nitrogens is 1. The zero-order chi connectivity index (χ0) is 13.1. The number of rotatable bonds is 3. The van der Waals surface area contributed by atoms with Gasteiger partial charge in [0.1, 0.15) is 0 Å². The molecule has 2 aliphatic rings. The highest BCUT2D eigenvalue weighted by atomic mass is 15.3. The maximum Gasteiger partial charge on any atom is 0.0562 e. The fourth-order valence-corrected chi connectivity index (χ4v) is 3.38. The molecule has 0 radical (unpaired) electrons. The first-order valence-electron chi connectivity index (χ1n) is 7.45. The van der Waals surface area contributed by atoms with E-state index in [0.717, 1.165) is 18.3 Å². The summed E-state index contributed by atoms with van der Waals surface area (Å²) < 4.78 is 0. The molecule has 0 aliphatic carbocycles. The molecule has 19 heavy (non-hydrogen) atoms. The highest BCUT2D eigenvalue weighted by Gasteiger charge is 2.28. The van der Waals surface area contributed by atoms with Crippen molar-refractivity contribution in [2.45, 2.75) is 31.8 Å². The van der Waals surface area contributed by atoms with E-state index in [9.17, 15) is 0 Å². The van der Waals surface area contributed by atoms with Crippen LogP contribution in [0.4, 0.5) is 5.69 Å². The van der Waals surface area contributed by atoms with Crippen molar-refractivity contribution in [3.8, 4) is 0 Å². The summed E-state index contributed by atoms with van der Waals surface area (Å²) in [5.74, 6) is 0. The normalized spacial score (nSPS) is 24.3. The van der Waals surface area contributed by atoms with Crippen molar-refractivity contribution in [2.75, 3.05) is 38.1 Å². The molecule has 2 fully saturated rings. The lowest BCUT2D eigenvalue weighted by molar-refractivity contribution is 0.273. The molecule has 0 spiro atoms. The maximum absolute atomic E-state index is 4.41. The zero-order valence-electron chi connectivity index (χ0n) is 11.8. The van der Waals surface area contributed by atoms with Crippen molar-refractivity contribution < 1.29 is 0 Å². The van der Waals surface area contributed by atoms with E-state index in [1.807, 2.05) is 13.2 Å². The first kappa shape index (κ1) is 12.9. The van der Waals surface area contributed by atoms with Crippen LogP contribution >= 0.6 is 0 Å². The standard InChI is InChI=1S/C15H24N4/c1-16-11-13-10-14(5-6-17-13)19-9-3-8-18-7-2-4-15(18)12-19/h5-6,10,15-16H,2-4,7-9,11-12H2,1H3. The first-order chi connectivity index (χ1) is 9.36. The van der Waals surface area contributed by atoms with E-state index in [0.29, 0.717) is 0 Å². The Kier molecular flexibility index (Phi) is 3.99. The summed E-state index contributed by atoms with van der Waals surface area (Å²) in [4.78, 5) is 9.64. The molecule has 0 bridgehead atoms. The summed E-state index contributed by atoms with van der Waals surface area (Å²) >= 11 is 0. The summed E-state index contributed by atoms with van der Waals surface area (Å²) in [6.45, 7) is 5.78. The second-order valence-corrected chi connectivity index (χ2v) is 5.67. The van der Waals surface area contributed by atoms with Crippen molar-refractivity contribution in [2.24, 2.45) is 0 Å². The lowest BCUT2D eigenvalue weighted by Crippen LogP contribution is -2.36. The van der Waals surface area contributed by atoms with E-state index in [1.54, 1.807) is 0 Å². The molecule has 3 heterocycles. The Morgan fingerprint density at radius 1 is 1.32 bits per heavy atom. The van der Waals surface area contributed by atoms with E-state index in [1.165, 1.54) is 51.1 Å². The lowest BCUT2D eigenvalue weighted by atomic mass is 10.2. The second kappa shape index (κ2) is 5.88. The molecule has 1 unspecified atom stereocenters. The van der Waals surface area contributed by atoms with Crippen LogP contribution in [0, 0.1) is 0 Å². The van der Waals surface area contributed by atoms with Crippen LogP contribution in [0.25, 0.3) is 0 Å². The number of fused-ring (bicyclic) bond motifs is 1. The molecular formula is C15H24N4. The minimum atomic E-state index is 0.767. The van der Waals surface area contributed by atoms with Gasteiger partial charge >= 0.3 is 0 Å². The smallest absolute Gasteiger partial charge is 0.0562 e. The van der Waals surface area contributed by atoms with Crippen molar-refractivity contribution in [1.82, 2.24) is 15.2 Å². The van der Waals surface area contributed by atoms with Gasteiger partial charge in [0.05, 0.1) is 5.69 Å². The van der Waals surface area contributed by atoms with Crippen LogP contribution in [0.15, 0.2) is 18.3 Å². The van der Waals surface area contributed by atoms with Gasteiger partial charge in [0.2, 0.25) is 0 Å². The molecule has 4 heteroatoms. The van der Waals surface area contributed by atoms with E-state index in [4.69, 9.17) is 0 Å². The predicted molar refractivity (Wildman–Crippen MR) is 78.4 cm³/mol. The highest BCUT2D eigenvalue weighted by molar-refractivity contribution is 5.47. The molecule has 0 aromatic carbocycles. The molecule has 2 saturated heterocycles. The minimum absolute atomic E-state index is 0.767. The minimum Gasteiger partial charge on any atom is -0.370 e. The monoisotopic (exact) mass is 260 g/mol. The number of hydrogen-bond donors (Lipinski definition) is 1. The fraction of sp³-hybridized carbons (Fsp3) is 0.667. The number of nitrogens with one attached hydrogen (secondary N) is 1. The maximum atomic E-state index is 4.41. The van der Waals surface area contributed by atoms with Crippen molar-refractivity contribution in [1.29, 1.82) is 0 Å². The third-order valence-electron chi connectivity index (χ3n) is 4.33. The van der Waals surface area contributed by atoms with Gasteiger partial charge in [-0.25, -0.2) is 0 Å². The van der Waals surface area contributed by atoms with Gasteiger partial charge in [-0.2, -0.15) is 0 Å². The fourth-order valence-electron chi connectivity index (χ4n) is 3.38. The average Bonchev–Trinajstić information content (AvgIpc) is 2.77. The summed E-state index contributed by atoms with van der Waals surface area (Å²) in [7, 11) is 1.97. The summed E-state index contributed by atoms with van der Waals surface area (Å²) in [6.07, 6.45) is 5.96. The lowest BCUT2D eigenvalue weighted by Gasteiger charge is -2.27. The van der Waals surface area contributed by atoms with Crippen LogP contribution in [0.3, 0.4) is 0 Å². The molecule has 3 rings (SSSR count). The van der Waals surface area contributed by atoms with Gasteiger partial charge in [0.25, 0.3) is 0 Å². The topological polar surface area (TPSA) is 31.4 Å². The Morgan fingerprint density at radius 2 is 2.21 bits per heavy atom. The Balaban J connectivity index is 1.75. The largest absolute Gasteiger partial charge is 0.370 e. The quantitative estimate of drug-likeness (QED) is 0.892. The van der Waals surface area contributed by atoms with E-state index >= 15 is 0 Å². The van der Waals surface area contributed by atoms with E-state index < -0.39 is 0 Å². The summed E-state index contributed by atoms with van der Waals surface area (Å²) in [5.41, 5.74) is 2.47. The number of hydrogen-bond acceptors (Lipinski definition) is 4. The number of nitrogens with zero attached hydrogens (tertiary/aromatic N) is 3. The van der Waals surface area contributed by atoms with Gasteiger partial charge in [0.15, 0.2) is 0 Å². The van der Waals surface area contributed by atoms with Gasteiger partial charge in [-0.15, -0.1) is 0 Å². The van der Waals surface area contributed by atoms with Crippen LogP contribution < -0.4 is 10.2 Å². The molecule has 0 amide bonds. The van der Waals surface area contributed by atoms with E-state index in [2.05, 4.69) is 32.2 Å². The molecule has 1 N–H and O–H groups in total. The van der Waals surface area contributed by atoms with Gasteiger partial charge in [-0.3, -0.25) is 9.88 Å². The SMILES string of the molecule is CNCc1cc(N2CCCN3CCCC3C2)ccn1. The summed E-state index contributed by atoms with van der Waals surface area (Å²) in [6, 6.07) is 5.16. The highest BCUT2D eigenvalue weighted by Crippen LogP contribution is 2.25. The third kappa shape index (κ3) is 2.90. The van der Waals surface area contributed by atoms with Gasteiger partial charge in [-0.05, 0) is 45.0 Å². The number of pyridine rings is 1. The molecular weight excluding hydrogens is 236 g/mol.